The van der Waals surface area contributed by atoms with Crippen LogP contribution < -0.4 is 0 Å². The first kappa shape index (κ1) is 10.7. The molecule has 14 heavy (non-hydrogen) atoms. The summed E-state index contributed by atoms with van der Waals surface area (Å²) in [4.78, 5) is 12.0. The highest BCUT2D eigenvalue weighted by atomic mass is 32.1. The fourth-order valence-corrected chi connectivity index (χ4v) is 1.72. The quantitative estimate of drug-likeness (QED) is 0.763. The Morgan fingerprint density at radius 2 is 2.50 bits per heavy atom. The number of esters is 1. The predicted molar refractivity (Wildman–Crippen MR) is 50.6 cm³/mol. The maximum absolute atomic E-state index is 10.8. The molecule has 0 aliphatic carbocycles. The number of carbonyl (C=O) groups excluding carboxylic acids is 1. The molecule has 0 amide bonds. The van der Waals surface area contributed by atoms with Crippen molar-refractivity contribution >= 4 is 17.3 Å². The fourth-order valence-electron chi connectivity index (χ4n) is 0.934. The zero-order valence-corrected chi connectivity index (χ0v) is 8.37. The maximum Gasteiger partial charge on any atom is 0.308 e. The van der Waals surface area contributed by atoms with E-state index in [1.807, 2.05) is 6.07 Å². The largest absolute Gasteiger partial charge is 0.469 e. The van der Waals surface area contributed by atoms with Gasteiger partial charge < -0.3 is 9.84 Å². The third-order valence-corrected chi connectivity index (χ3v) is 2.74. The minimum absolute atomic E-state index is 0.0815. The number of carbonyl (C=O) groups is 1. The van der Waals surface area contributed by atoms with E-state index in [0.717, 1.165) is 0 Å². The van der Waals surface area contributed by atoms with Crippen molar-refractivity contribution in [2.24, 2.45) is 0 Å². The Bertz CT molecular complexity index is 366. The molecule has 1 heterocycles. The summed E-state index contributed by atoms with van der Waals surface area (Å²) in [6.45, 7) is 0. The molecule has 0 aliphatic heterocycles. The van der Waals surface area contributed by atoms with Crippen LogP contribution in [-0.4, -0.2) is 18.2 Å². The van der Waals surface area contributed by atoms with Crippen molar-refractivity contribution in [3.63, 3.8) is 0 Å². The van der Waals surface area contributed by atoms with Gasteiger partial charge in [0.2, 0.25) is 0 Å². The Kier molecular flexibility index (Phi) is 3.63. The van der Waals surface area contributed by atoms with Crippen molar-refractivity contribution in [1.29, 1.82) is 5.26 Å². The van der Waals surface area contributed by atoms with Gasteiger partial charge >= 0.3 is 5.97 Å². The van der Waals surface area contributed by atoms with E-state index in [9.17, 15) is 9.90 Å². The number of methoxy groups -OCH3 is 1. The molecule has 0 saturated heterocycles. The molecule has 0 spiro atoms. The van der Waals surface area contributed by atoms with Gasteiger partial charge in [0.25, 0.3) is 0 Å². The summed E-state index contributed by atoms with van der Waals surface area (Å²) >= 11 is 1.17. The second-order valence-corrected chi connectivity index (χ2v) is 3.73. The number of thiophene rings is 1. The van der Waals surface area contributed by atoms with E-state index >= 15 is 0 Å². The molecule has 5 heteroatoms. The average molecular weight is 211 g/mol. The van der Waals surface area contributed by atoms with Crippen LogP contribution in [0.2, 0.25) is 0 Å². The van der Waals surface area contributed by atoms with Crippen LogP contribution in [0, 0.1) is 11.3 Å². The lowest BCUT2D eigenvalue weighted by Gasteiger charge is -2.05. The topological polar surface area (TPSA) is 70.3 Å². The zero-order valence-electron chi connectivity index (χ0n) is 7.56. The van der Waals surface area contributed by atoms with E-state index in [1.165, 1.54) is 18.4 Å². The van der Waals surface area contributed by atoms with Gasteiger partial charge in [0, 0.05) is 4.88 Å². The summed E-state index contributed by atoms with van der Waals surface area (Å²) in [6.07, 6.45) is -0.962. The van der Waals surface area contributed by atoms with Gasteiger partial charge in [-0.15, -0.1) is 11.3 Å². The third-order valence-electron chi connectivity index (χ3n) is 1.65. The Labute approximate surface area is 85.4 Å². The Morgan fingerprint density at radius 3 is 3.00 bits per heavy atom. The first-order chi connectivity index (χ1) is 6.67. The molecule has 74 valence electrons. The van der Waals surface area contributed by atoms with E-state index in [0.29, 0.717) is 9.75 Å². The number of ether oxygens (including phenoxy) is 1. The molecule has 1 aromatic heterocycles. The van der Waals surface area contributed by atoms with Crippen LogP contribution in [0.25, 0.3) is 0 Å². The number of nitrogens with zero attached hydrogens (tertiary/aromatic N) is 1. The van der Waals surface area contributed by atoms with Crippen LogP contribution in [0.15, 0.2) is 12.1 Å². The molecule has 4 nitrogen and oxygen atoms in total. The van der Waals surface area contributed by atoms with Crippen LogP contribution >= 0.6 is 11.3 Å². The van der Waals surface area contributed by atoms with Crippen LogP contribution in [0.4, 0.5) is 0 Å². The van der Waals surface area contributed by atoms with Crippen molar-refractivity contribution in [1.82, 2.24) is 0 Å². The molecule has 0 unspecified atom stereocenters. The molecule has 0 bridgehead atoms. The van der Waals surface area contributed by atoms with Gasteiger partial charge in [-0.2, -0.15) is 5.26 Å². The average Bonchev–Trinajstić information content (AvgIpc) is 2.65. The van der Waals surface area contributed by atoms with Gasteiger partial charge in [-0.1, -0.05) is 0 Å². The number of aliphatic hydroxyl groups excluding tert-OH is 1. The standard InChI is InChI=1S/C9H9NO3S/c1-13-9(12)4-7(11)8-3-2-6(5-10)14-8/h2-3,7,11H,4H2,1H3/t7-/m0/s1. The molecule has 1 aromatic rings. The molecule has 1 rings (SSSR count). The van der Waals surface area contributed by atoms with Crippen molar-refractivity contribution in [3.8, 4) is 6.07 Å². The molecular weight excluding hydrogens is 202 g/mol. The number of hydrogen-bond donors (Lipinski definition) is 1. The van der Waals surface area contributed by atoms with E-state index in [1.54, 1.807) is 12.1 Å². The van der Waals surface area contributed by atoms with Crippen LogP contribution in [0.1, 0.15) is 22.3 Å². The normalized spacial score (nSPS) is 11.8. The molecule has 1 N–H and O–H groups in total. The molecule has 0 radical (unpaired) electrons. The third kappa shape index (κ3) is 2.55. The summed E-state index contributed by atoms with van der Waals surface area (Å²) < 4.78 is 4.42. The molecule has 1 atom stereocenters. The van der Waals surface area contributed by atoms with Crippen LogP contribution in [-0.2, 0) is 9.53 Å². The van der Waals surface area contributed by atoms with E-state index in [2.05, 4.69) is 4.74 Å². The summed E-state index contributed by atoms with van der Waals surface area (Å²) in [5.41, 5.74) is 0. The van der Waals surface area contributed by atoms with E-state index < -0.39 is 12.1 Å². The lowest BCUT2D eigenvalue weighted by atomic mass is 10.2. The van der Waals surface area contributed by atoms with Gasteiger partial charge in [0.15, 0.2) is 0 Å². The maximum atomic E-state index is 10.8. The van der Waals surface area contributed by atoms with Crippen molar-refractivity contribution in [2.45, 2.75) is 12.5 Å². The van der Waals surface area contributed by atoms with Gasteiger partial charge in [-0.3, -0.25) is 4.79 Å². The molecule has 0 saturated carbocycles. The predicted octanol–water partition coefficient (Wildman–Crippen LogP) is 1.22. The summed E-state index contributed by atoms with van der Waals surface area (Å²) in [6, 6.07) is 5.21. The fraction of sp³-hybridized carbons (Fsp3) is 0.333. The highest BCUT2D eigenvalue weighted by Crippen LogP contribution is 2.25. The van der Waals surface area contributed by atoms with E-state index in [4.69, 9.17) is 5.26 Å². The van der Waals surface area contributed by atoms with Crippen LogP contribution in [0.5, 0.6) is 0 Å². The molecule has 0 aliphatic rings. The second-order valence-electron chi connectivity index (χ2n) is 2.61. The van der Waals surface area contributed by atoms with E-state index in [-0.39, 0.29) is 6.42 Å². The zero-order chi connectivity index (χ0) is 10.6. The summed E-state index contributed by atoms with van der Waals surface area (Å²) in [7, 11) is 1.27. The number of rotatable bonds is 3. The van der Waals surface area contributed by atoms with Gasteiger partial charge in [-0.25, -0.2) is 0 Å². The van der Waals surface area contributed by atoms with Gasteiger partial charge in [-0.05, 0) is 12.1 Å². The number of nitriles is 1. The highest BCUT2D eigenvalue weighted by molar-refractivity contribution is 7.12. The van der Waals surface area contributed by atoms with Gasteiger partial charge in [0.1, 0.15) is 10.9 Å². The van der Waals surface area contributed by atoms with Gasteiger partial charge in [0.05, 0.1) is 19.6 Å². The highest BCUT2D eigenvalue weighted by Gasteiger charge is 2.15. The number of aliphatic hydroxyl groups is 1. The first-order valence-electron chi connectivity index (χ1n) is 3.92. The Hall–Kier alpha value is -1.38. The monoisotopic (exact) mass is 211 g/mol. The summed E-state index contributed by atoms with van der Waals surface area (Å²) in [5, 5.41) is 18.1. The minimum Gasteiger partial charge on any atom is -0.469 e. The molecule has 0 aromatic carbocycles. The first-order valence-corrected chi connectivity index (χ1v) is 4.73. The van der Waals surface area contributed by atoms with Crippen molar-refractivity contribution < 1.29 is 14.6 Å². The summed E-state index contributed by atoms with van der Waals surface area (Å²) in [5.74, 6) is -0.468. The van der Waals surface area contributed by atoms with Crippen molar-refractivity contribution in [3.05, 3.63) is 21.9 Å². The van der Waals surface area contributed by atoms with Crippen molar-refractivity contribution in [2.75, 3.05) is 7.11 Å². The Morgan fingerprint density at radius 1 is 1.79 bits per heavy atom. The Balaban J connectivity index is 2.65. The molecule has 0 fully saturated rings. The SMILES string of the molecule is COC(=O)C[C@H](O)c1ccc(C#N)s1. The van der Waals surface area contributed by atoms with Crippen LogP contribution in [0.3, 0.4) is 0 Å². The molecular formula is C9H9NO3S. The smallest absolute Gasteiger partial charge is 0.308 e. The lowest BCUT2D eigenvalue weighted by Crippen LogP contribution is -2.06. The minimum atomic E-state index is -0.880. The second kappa shape index (κ2) is 4.74. The number of hydrogen-bond acceptors (Lipinski definition) is 5. The lowest BCUT2D eigenvalue weighted by molar-refractivity contribution is -0.142.